The molecule has 0 N–H and O–H groups in total. The summed E-state index contributed by atoms with van der Waals surface area (Å²) in [6.45, 7) is 4.09. The summed E-state index contributed by atoms with van der Waals surface area (Å²) in [6.07, 6.45) is 0. The second-order valence-electron chi connectivity index (χ2n) is 6.47. The third kappa shape index (κ3) is 6.33. The molecule has 0 atom stereocenters. The largest absolute Gasteiger partial charge is 0.457 e. The summed E-state index contributed by atoms with van der Waals surface area (Å²) < 4.78 is 11.8. The Kier molecular flexibility index (Phi) is 6.86. The first-order valence-corrected chi connectivity index (χ1v) is 9.28. The highest BCUT2D eigenvalue weighted by molar-refractivity contribution is 5.40. The van der Waals surface area contributed by atoms with E-state index in [0.29, 0.717) is 0 Å². The van der Waals surface area contributed by atoms with Gasteiger partial charge in [0.15, 0.2) is 0 Å². The normalized spacial score (nSPS) is 9.79. The van der Waals surface area contributed by atoms with Gasteiger partial charge in [-0.05, 0) is 61.4 Å². The SMILES string of the molecule is Cc1cccc(Oc2cccc(Oc3cccc(C)c3)c2)c1.c1ccccc1. The molecule has 0 unspecified atom stereocenters. The molecule has 0 amide bonds. The molecule has 0 heterocycles. The summed E-state index contributed by atoms with van der Waals surface area (Å²) in [4.78, 5) is 0. The van der Waals surface area contributed by atoms with Gasteiger partial charge in [0.25, 0.3) is 0 Å². The van der Waals surface area contributed by atoms with Crippen molar-refractivity contribution in [2.75, 3.05) is 0 Å². The van der Waals surface area contributed by atoms with Crippen molar-refractivity contribution in [2.24, 2.45) is 0 Å². The molecule has 0 aromatic heterocycles. The lowest BCUT2D eigenvalue weighted by Gasteiger charge is -2.10. The van der Waals surface area contributed by atoms with Crippen molar-refractivity contribution in [2.45, 2.75) is 13.8 Å². The lowest BCUT2D eigenvalue weighted by atomic mass is 10.2. The maximum absolute atomic E-state index is 5.88. The zero-order valence-electron chi connectivity index (χ0n) is 16.2. The van der Waals surface area contributed by atoms with Crippen LogP contribution < -0.4 is 9.47 Å². The third-order valence-electron chi connectivity index (χ3n) is 3.92. The van der Waals surface area contributed by atoms with Gasteiger partial charge in [-0.1, -0.05) is 66.7 Å². The lowest BCUT2D eigenvalue weighted by Crippen LogP contribution is -1.88. The molecular weight excluding hydrogens is 344 g/mol. The predicted molar refractivity (Wildman–Crippen MR) is 115 cm³/mol. The molecule has 0 spiro atoms. The number of rotatable bonds is 4. The smallest absolute Gasteiger partial charge is 0.131 e. The monoisotopic (exact) mass is 368 g/mol. The fourth-order valence-electron chi connectivity index (χ4n) is 2.62. The van der Waals surface area contributed by atoms with Crippen LogP contribution in [0.2, 0.25) is 0 Å². The first kappa shape index (κ1) is 19.2. The average Bonchev–Trinajstić information content (AvgIpc) is 2.70. The molecular formula is C26H24O2. The second kappa shape index (κ2) is 9.98. The van der Waals surface area contributed by atoms with Crippen LogP contribution in [-0.2, 0) is 0 Å². The molecule has 0 fully saturated rings. The van der Waals surface area contributed by atoms with Gasteiger partial charge in [0.2, 0.25) is 0 Å². The van der Waals surface area contributed by atoms with Crippen molar-refractivity contribution in [3.8, 4) is 23.0 Å². The van der Waals surface area contributed by atoms with Crippen LogP contribution in [0.3, 0.4) is 0 Å². The number of hydrogen-bond donors (Lipinski definition) is 0. The Morgan fingerprint density at radius 2 is 0.714 bits per heavy atom. The van der Waals surface area contributed by atoms with Gasteiger partial charge in [0.1, 0.15) is 23.0 Å². The molecule has 4 aromatic rings. The van der Waals surface area contributed by atoms with Crippen molar-refractivity contribution in [1.29, 1.82) is 0 Å². The Bertz CT molecular complexity index is 904. The summed E-state index contributed by atoms with van der Waals surface area (Å²) >= 11 is 0. The third-order valence-corrected chi connectivity index (χ3v) is 3.92. The summed E-state index contributed by atoms with van der Waals surface area (Å²) in [5, 5.41) is 0. The van der Waals surface area contributed by atoms with Crippen molar-refractivity contribution >= 4 is 0 Å². The zero-order valence-corrected chi connectivity index (χ0v) is 16.2. The highest BCUT2D eigenvalue weighted by atomic mass is 16.5. The standard InChI is InChI=1S/C20H18O2.C6H6/c1-15-6-3-8-17(12-15)21-19-10-5-11-20(14-19)22-18-9-4-7-16(2)13-18;1-2-4-6-5-3-1/h3-14H,1-2H3;1-6H. The fraction of sp³-hybridized carbons (Fsp3) is 0.0769. The van der Waals surface area contributed by atoms with E-state index in [-0.39, 0.29) is 0 Å². The Morgan fingerprint density at radius 3 is 1.07 bits per heavy atom. The Hall–Kier alpha value is -3.52. The molecule has 0 bridgehead atoms. The Balaban J connectivity index is 0.000000320. The van der Waals surface area contributed by atoms with E-state index in [1.165, 1.54) is 11.1 Å². The van der Waals surface area contributed by atoms with Gasteiger partial charge in [-0.25, -0.2) is 0 Å². The van der Waals surface area contributed by atoms with Gasteiger partial charge < -0.3 is 9.47 Å². The summed E-state index contributed by atoms with van der Waals surface area (Å²) in [5.74, 6) is 3.17. The molecule has 0 aliphatic heterocycles. The predicted octanol–water partition coefficient (Wildman–Crippen LogP) is 7.57. The van der Waals surface area contributed by atoms with Crippen LogP contribution in [0.4, 0.5) is 0 Å². The van der Waals surface area contributed by atoms with Crippen LogP contribution in [0.15, 0.2) is 109 Å². The lowest BCUT2D eigenvalue weighted by molar-refractivity contribution is 0.460. The van der Waals surface area contributed by atoms with Gasteiger partial charge in [-0.2, -0.15) is 0 Å². The van der Waals surface area contributed by atoms with Gasteiger partial charge in [-0.3, -0.25) is 0 Å². The van der Waals surface area contributed by atoms with Crippen LogP contribution in [0.5, 0.6) is 23.0 Å². The summed E-state index contributed by atoms with van der Waals surface area (Å²) in [5.41, 5.74) is 2.34. The molecule has 28 heavy (non-hydrogen) atoms. The number of benzene rings is 4. The van der Waals surface area contributed by atoms with E-state index in [9.17, 15) is 0 Å². The molecule has 0 saturated heterocycles. The maximum Gasteiger partial charge on any atom is 0.131 e. The highest BCUT2D eigenvalue weighted by Gasteiger charge is 2.02. The first-order chi connectivity index (χ1) is 13.7. The molecule has 140 valence electrons. The number of ether oxygens (including phenoxy) is 2. The Labute approximate surface area is 167 Å². The molecule has 4 aromatic carbocycles. The Morgan fingerprint density at radius 1 is 0.393 bits per heavy atom. The van der Waals surface area contributed by atoms with E-state index in [0.717, 1.165) is 23.0 Å². The number of aryl methyl sites for hydroxylation is 2. The molecule has 0 aliphatic carbocycles. The quantitative estimate of drug-likeness (QED) is 0.370. The fourth-order valence-corrected chi connectivity index (χ4v) is 2.62. The van der Waals surface area contributed by atoms with E-state index in [2.05, 4.69) is 0 Å². The van der Waals surface area contributed by atoms with Gasteiger partial charge in [0, 0.05) is 6.07 Å². The molecule has 2 heteroatoms. The summed E-state index contributed by atoms with van der Waals surface area (Å²) in [6, 6.07) is 35.6. The van der Waals surface area contributed by atoms with Crippen molar-refractivity contribution < 1.29 is 9.47 Å². The van der Waals surface area contributed by atoms with Crippen molar-refractivity contribution in [3.63, 3.8) is 0 Å². The van der Waals surface area contributed by atoms with Crippen molar-refractivity contribution in [3.05, 3.63) is 120 Å². The number of hydrogen-bond acceptors (Lipinski definition) is 2. The first-order valence-electron chi connectivity index (χ1n) is 9.28. The minimum Gasteiger partial charge on any atom is -0.457 e. The van der Waals surface area contributed by atoms with Gasteiger partial charge in [0.05, 0.1) is 0 Å². The van der Waals surface area contributed by atoms with Crippen LogP contribution in [0.25, 0.3) is 0 Å². The van der Waals surface area contributed by atoms with Crippen LogP contribution >= 0.6 is 0 Å². The minimum atomic E-state index is 0.760. The molecule has 0 saturated carbocycles. The molecule has 0 radical (unpaired) electrons. The van der Waals surface area contributed by atoms with Gasteiger partial charge >= 0.3 is 0 Å². The molecule has 0 aliphatic rings. The van der Waals surface area contributed by atoms with Crippen LogP contribution in [-0.4, -0.2) is 0 Å². The minimum absolute atomic E-state index is 0.760. The second-order valence-corrected chi connectivity index (χ2v) is 6.47. The molecule has 4 rings (SSSR count). The highest BCUT2D eigenvalue weighted by Crippen LogP contribution is 2.28. The van der Waals surface area contributed by atoms with Crippen molar-refractivity contribution in [1.82, 2.24) is 0 Å². The van der Waals surface area contributed by atoms with E-state index < -0.39 is 0 Å². The zero-order chi connectivity index (χ0) is 19.6. The van der Waals surface area contributed by atoms with E-state index >= 15 is 0 Å². The topological polar surface area (TPSA) is 18.5 Å². The van der Waals surface area contributed by atoms with Gasteiger partial charge in [-0.15, -0.1) is 0 Å². The summed E-state index contributed by atoms with van der Waals surface area (Å²) in [7, 11) is 0. The molecule has 2 nitrogen and oxygen atoms in total. The van der Waals surface area contributed by atoms with Crippen LogP contribution in [0, 0.1) is 13.8 Å². The van der Waals surface area contributed by atoms with E-state index in [4.69, 9.17) is 9.47 Å². The maximum atomic E-state index is 5.88. The van der Waals surface area contributed by atoms with E-state index in [1.807, 2.05) is 123 Å². The average molecular weight is 368 g/mol. The van der Waals surface area contributed by atoms with E-state index in [1.54, 1.807) is 0 Å². The van der Waals surface area contributed by atoms with Crippen LogP contribution in [0.1, 0.15) is 11.1 Å².